The minimum absolute atomic E-state index is 0.0434. The van der Waals surface area contributed by atoms with E-state index in [1.54, 1.807) is 18.2 Å². The number of carbonyl (C=O) groups excluding carboxylic acids is 1. The van der Waals surface area contributed by atoms with Crippen LogP contribution in [0, 0.1) is 0 Å². The minimum Gasteiger partial charge on any atom is -0.399 e. The second-order valence-corrected chi connectivity index (χ2v) is 4.90. The summed E-state index contributed by atoms with van der Waals surface area (Å²) < 4.78 is 5.26. The van der Waals surface area contributed by atoms with Crippen LogP contribution in [0.15, 0.2) is 18.2 Å². The normalized spacial score (nSPS) is 16.3. The highest BCUT2D eigenvalue weighted by molar-refractivity contribution is 6.34. The number of morpholine rings is 1. The van der Waals surface area contributed by atoms with Crippen molar-refractivity contribution < 1.29 is 9.53 Å². The molecule has 1 fully saturated rings. The van der Waals surface area contributed by atoms with Crippen molar-refractivity contribution in [2.75, 3.05) is 43.9 Å². The summed E-state index contributed by atoms with van der Waals surface area (Å²) >= 11 is 6.00. The zero-order chi connectivity index (χ0) is 13.7. The summed E-state index contributed by atoms with van der Waals surface area (Å²) in [6.45, 7) is 3.99. The molecule has 1 aromatic carbocycles. The Morgan fingerprint density at radius 3 is 2.84 bits per heavy atom. The standard InChI is InChI=1S/C13H18ClN3O2/c14-11-9-10(15)1-2-12(11)16-13(18)3-4-17-5-7-19-8-6-17/h1-2,9H,3-8,15H2,(H,16,18). The number of amides is 1. The van der Waals surface area contributed by atoms with E-state index in [9.17, 15) is 4.79 Å². The first-order valence-electron chi connectivity index (χ1n) is 6.30. The largest absolute Gasteiger partial charge is 0.399 e. The number of benzene rings is 1. The Hall–Kier alpha value is -1.30. The van der Waals surface area contributed by atoms with Crippen LogP contribution in [0.4, 0.5) is 11.4 Å². The van der Waals surface area contributed by atoms with Gasteiger partial charge in [-0.1, -0.05) is 11.6 Å². The Labute approximate surface area is 117 Å². The molecule has 0 spiro atoms. The third-order valence-electron chi connectivity index (χ3n) is 3.03. The van der Waals surface area contributed by atoms with Gasteiger partial charge in [0.25, 0.3) is 0 Å². The number of nitrogens with one attached hydrogen (secondary N) is 1. The van der Waals surface area contributed by atoms with E-state index in [2.05, 4.69) is 10.2 Å². The molecule has 19 heavy (non-hydrogen) atoms. The Kier molecular flexibility index (Phi) is 5.01. The van der Waals surface area contributed by atoms with Crippen LogP contribution in [0.5, 0.6) is 0 Å². The quantitative estimate of drug-likeness (QED) is 0.824. The molecule has 3 N–H and O–H groups in total. The monoisotopic (exact) mass is 283 g/mol. The summed E-state index contributed by atoms with van der Waals surface area (Å²) in [4.78, 5) is 14.0. The third kappa shape index (κ3) is 4.38. The lowest BCUT2D eigenvalue weighted by Gasteiger charge is -2.26. The third-order valence-corrected chi connectivity index (χ3v) is 3.34. The van der Waals surface area contributed by atoms with Crippen LogP contribution in [0.25, 0.3) is 0 Å². The molecule has 0 aromatic heterocycles. The van der Waals surface area contributed by atoms with Gasteiger partial charge in [0.05, 0.1) is 23.9 Å². The fourth-order valence-corrected chi connectivity index (χ4v) is 2.17. The van der Waals surface area contributed by atoms with E-state index in [4.69, 9.17) is 22.1 Å². The second kappa shape index (κ2) is 6.75. The van der Waals surface area contributed by atoms with Gasteiger partial charge >= 0.3 is 0 Å². The molecule has 1 saturated heterocycles. The van der Waals surface area contributed by atoms with Crippen LogP contribution in [0.2, 0.25) is 5.02 Å². The van der Waals surface area contributed by atoms with E-state index >= 15 is 0 Å². The first kappa shape index (κ1) is 14.1. The number of nitrogens with zero attached hydrogens (tertiary/aromatic N) is 1. The number of halogens is 1. The van der Waals surface area contributed by atoms with E-state index in [-0.39, 0.29) is 5.91 Å². The molecule has 2 rings (SSSR count). The molecule has 0 atom stereocenters. The summed E-state index contributed by atoms with van der Waals surface area (Å²) in [5.41, 5.74) is 6.78. The molecule has 1 aliphatic rings. The molecule has 1 aromatic rings. The number of hydrogen-bond acceptors (Lipinski definition) is 4. The van der Waals surface area contributed by atoms with E-state index < -0.39 is 0 Å². The van der Waals surface area contributed by atoms with Crippen molar-refractivity contribution in [3.8, 4) is 0 Å². The lowest BCUT2D eigenvalue weighted by molar-refractivity contribution is -0.116. The Balaban J connectivity index is 1.80. The van der Waals surface area contributed by atoms with Crippen molar-refractivity contribution >= 4 is 28.9 Å². The summed E-state index contributed by atoms with van der Waals surface area (Å²) in [7, 11) is 0. The summed E-state index contributed by atoms with van der Waals surface area (Å²) in [5.74, 6) is -0.0434. The fraction of sp³-hybridized carbons (Fsp3) is 0.462. The van der Waals surface area contributed by atoms with E-state index in [0.29, 0.717) is 22.8 Å². The average Bonchev–Trinajstić information content (AvgIpc) is 2.41. The summed E-state index contributed by atoms with van der Waals surface area (Å²) in [6, 6.07) is 5.05. The molecule has 1 heterocycles. The molecule has 0 radical (unpaired) electrons. The summed E-state index contributed by atoms with van der Waals surface area (Å²) in [5, 5.41) is 3.25. The van der Waals surface area contributed by atoms with Crippen LogP contribution >= 0.6 is 11.6 Å². The predicted octanol–water partition coefficient (Wildman–Crippen LogP) is 1.58. The van der Waals surface area contributed by atoms with Crippen LogP contribution in [0.1, 0.15) is 6.42 Å². The van der Waals surface area contributed by atoms with Gasteiger partial charge in [-0.25, -0.2) is 0 Å². The van der Waals surface area contributed by atoms with Gasteiger partial charge in [0.2, 0.25) is 5.91 Å². The number of ether oxygens (including phenoxy) is 1. The first-order valence-corrected chi connectivity index (χ1v) is 6.68. The number of anilines is 2. The van der Waals surface area contributed by atoms with Crippen molar-refractivity contribution in [2.24, 2.45) is 0 Å². The van der Waals surface area contributed by atoms with Gasteiger partial charge in [0, 0.05) is 31.7 Å². The fourth-order valence-electron chi connectivity index (χ4n) is 1.93. The first-order chi connectivity index (χ1) is 9.15. The van der Waals surface area contributed by atoms with Gasteiger partial charge in [-0.3, -0.25) is 9.69 Å². The van der Waals surface area contributed by atoms with Gasteiger partial charge in [-0.15, -0.1) is 0 Å². The lowest BCUT2D eigenvalue weighted by Crippen LogP contribution is -2.38. The Bertz CT molecular complexity index is 448. The van der Waals surface area contributed by atoms with Crippen LogP contribution in [-0.4, -0.2) is 43.7 Å². The number of carbonyl (C=O) groups is 1. The van der Waals surface area contributed by atoms with Gasteiger partial charge in [0.15, 0.2) is 0 Å². The maximum Gasteiger partial charge on any atom is 0.225 e. The number of nitrogens with two attached hydrogens (primary N) is 1. The van der Waals surface area contributed by atoms with Gasteiger partial charge in [-0.05, 0) is 18.2 Å². The highest BCUT2D eigenvalue weighted by atomic mass is 35.5. The van der Waals surface area contributed by atoms with E-state index in [0.717, 1.165) is 32.8 Å². The highest BCUT2D eigenvalue weighted by Crippen LogP contribution is 2.24. The Morgan fingerprint density at radius 2 is 2.16 bits per heavy atom. The number of hydrogen-bond donors (Lipinski definition) is 2. The van der Waals surface area contributed by atoms with Gasteiger partial charge in [0.1, 0.15) is 0 Å². The summed E-state index contributed by atoms with van der Waals surface area (Å²) in [6.07, 6.45) is 0.445. The minimum atomic E-state index is -0.0434. The highest BCUT2D eigenvalue weighted by Gasteiger charge is 2.12. The number of rotatable bonds is 4. The SMILES string of the molecule is Nc1ccc(NC(=O)CCN2CCOCC2)c(Cl)c1. The smallest absolute Gasteiger partial charge is 0.225 e. The molecule has 1 amide bonds. The maximum absolute atomic E-state index is 11.8. The molecule has 1 aliphatic heterocycles. The molecule has 0 saturated carbocycles. The van der Waals surface area contributed by atoms with Crippen molar-refractivity contribution in [2.45, 2.75) is 6.42 Å². The molecular formula is C13H18ClN3O2. The molecule has 104 valence electrons. The second-order valence-electron chi connectivity index (χ2n) is 4.49. The zero-order valence-corrected chi connectivity index (χ0v) is 11.4. The zero-order valence-electron chi connectivity index (χ0n) is 10.7. The lowest BCUT2D eigenvalue weighted by atomic mass is 10.2. The molecule has 5 nitrogen and oxygen atoms in total. The molecule has 6 heteroatoms. The van der Waals surface area contributed by atoms with Gasteiger partial charge in [-0.2, -0.15) is 0 Å². The van der Waals surface area contributed by atoms with Crippen LogP contribution in [-0.2, 0) is 9.53 Å². The topological polar surface area (TPSA) is 67.6 Å². The Morgan fingerprint density at radius 1 is 1.42 bits per heavy atom. The van der Waals surface area contributed by atoms with Crippen molar-refractivity contribution in [1.29, 1.82) is 0 Å². The van der Waals surface area contributed by atoms with Crippen molar-refractivity contribution in [3.05, 3.63) is 23.2 Å². The maximum atomic E-state index is 11.8. The van der Waals surface area contributed by atoms with Crippen LogP contribution in [0.3, 0.4) is 0 Å². The van der Waals surface area contributed by atoms with E-state index in [1.165, 1.54) is 0 Å². The van der Waals surface area contributed by atoms with Gasteiger partial charge < -0.3 is 15.8 Å². The predicted molar refractivity (Wildman–Crippen MR) is 76.4 cm³/mol. The molecule has 0 unspecified atom stereocenters. The average molecular weight is 284 g/mol. The molecule has 0 bridgehead atoms. The number of nitrogen functional groups attached to an aromatic ring is 1. The molecule has 0 aliphatic carbocycles. The van der Waals surface area contributed by atoms with E-state index in [1.807, 2.05) is 0 Å². The molecular weight excluding hydrogens is 266 g/mol. The van der Waals surface area contributed by atoms with Crippen molar-refractivity contribution in [1.82, 2.24) is 4.90 Å². The van der Waals surface area contributed by atoms with Crippen LogP contribution < -0.4 is 11.1 Å². The van der Waals surface area contributed by atoms with Crippen molar-refractivity contribution in [3.63, 3.8) is 0 Å².